The maximum absolute atomic E-state index is 13.4. The van der Waals surface area contributed by atoms with Gasteiger partial charge in [-0.25, -0.2) is 0 Å². The fourth-order valence-corrected chi connectivity index (χ4v) is 4.25. The lowest BCUT2D eigenvalue weighted by atomic mass is 9.86. The second-order valence-electron chi connectivity index (χ2n) is 7.04. The minimum Gasteiger partial charge on any atom is -0.379 e. The van der Waals surface area contributed by atoms with E-state index >= 15 is 0 Å². The average Bonchev–Trinajstić information content (AvgIpc) is 3.08. The molecule has 128 valence electrons. The first-order chi connectivity index (χ1) is 11.8. The maximum Gasteiger partial charge on any atom is 0.244 e. The molecule has 5 nitrogen and oxygen atoms in total. The zero-order valence-corrected chi connectivity index (χ0v) is 14.0. The zero-order chi connectivity index (χ0) is 16.4. The number of carbonyl (C=O) groups is 1. The van der Waals surface area contributed by atoms with Crippen LogP contribution in [-0.4, -0.2) is 60.1 Å². The molecule has 0 spiro atoms. The highest BCUT2D eigenvalue weighted by Gasteiger charge is 2.39. The van der Waals surface area contributed by atoms with Crippen molar-refractivity contribution < 1.29 is 9.53 Å². The molecule has 2 aliphatic heterocycles. The summed E-state index contributed by atoms with van der Waals surface area (Å²) >= 11 is 0. The number of allylic oxidation sites excluding steroid dienone is 2. The first kappa shape index (κ1) is 15.8. The van der Waals surface area contributed by atoms with Gasteiger partial charge in [0, 0.05) is 38.6 Å². The van der Waals surface area contributed by atoms with Crippen LogP contribution in [0.3, 0.4) is 0 Å². The van der Waals surface area contributed by atoms with Crippen molar-refractivity contribution >= 4 is 5.91 Å². The van der Waals surface area contributed by atoms with Gasteiger partial charge in [0.25, 0.3) is 0 Å². The van der Waals surface area contributed by atoms with Gasteiger partial charge in [0.2, 0.25) is 5.91 Å². The highest BCUT2D eigenvalue weighted by Crippen LogP contribution is 2.35. The molecule has 1 aromatic rings. The average molecular weight is 327 g/mol. The second-order valence-corrected chi connectivity index (χ2v) is 7.04. The van der Waals surface area contributed by atoms with E-state index in [1.54, 1.807) is 6.20 Å². The van der Waals surface area contributed by atoms with Gasteiger partial charge in [-0.1, -0.05) is 18.2 Å². The highest BCUT2D eigenvalue weighted by atomic mass is 16.5. The monoisotopic (exact) mass is 327 g/mol. The summed E-state index contributed by atoms with van der Waals surface area (Å²) in [6.45, 7) is 4.78. The molecule has 3 atom stereocenters. The van der Waals surface area contributed by atoms with E-state index in [2.05, 4.69) is 26.9 Å². The van der Waals surface area contributed by atoms with Gasteiger partial charge in [0.15, 0.2) is 0 Å². The summed E-state index contributed by atoms with van der Waals surface area (Å²) < 4.78 is 5.48. The van der Waals surface area contributed by atoms with Crippen LogP contribution in [-0.2, 0) is 9.53 Å². The van der Waals surface area contributed by atoms with Crippen molar-refractivity contribution in [3.05, 3.63) is 42.2 Å². The van der Waals surface area contributed by atoms with Crippen LogP contribution >= 0.6 is 0 Å². The Morgan fingerprint density at radius 3 is 2.50 bits per heavy atom. The Morgan fingerprint density at radius 1 is 1.17 bits per heavy atom. The Morgan fingerprint density at radius 2 is 1.88 bits per heavy atom. The number of amides is 1. The van der Waals surface area contributed by atoms with E-state index in [1.807, 2.05) is 18.3 Å². The number of hydrogen-bond acceptors (Lipinski definition) is 4. The fraction of sp³-hybridized carbons (Fsp3) is 0.579. The van der Waals surface area contributed by atoms with Gasteiger partial charge in [-0.15, -0.1) is 0 Å². The van der Waals surface area contributed by atoms with Crippen LogP contribution in [0.15, 0.2) is 36.7 Å². The molecule has 2 saturated heterocycles. The second kappa shape index (κ2) is 7.03. The van der Waals surface area contributed by atoms with Gasteiger partial charge >= 0.3 is 0 Å². The number of fused-ring (bicyclic) bond motifs is 1. The Kier molecular flexibility index (Phi) is 4.63. The van der Waals surface area contributed by atoms with Gasteiger partial charge in [0.05, 0.1) is 13.2 Å². The molecule has 2 fully saturated rings. The molecule has 0 unspecified atom stereocenters. The maximum atomic E-state index is 13.4. The third kappa shape index (κ3) is 3.10. The predicted molar refractivity (Wildman–Crippen MR) is 91.3 cm³/mol. The lowest BCUT2D eigenvalue weighted by molar-refractivity contribution is -0.138. The fourth-order valence-electron chi connectivity index (χ4n) is 4.25. The van der Waals surface area contributed by atoms with Gasteiger partial charge in [-0.05, 0) is 36.3 Å². The molecule has 0 saturated carbocycles. The molecule has 3 heterocycles. The minimum atomic E-state index is -0.226. The molecule has 0 N–H and O–H groups in total. The van der Waals surface area contributed by atoms with Gasteiger partial charge in [0.1, 0.15) is 6.04 Å². The van der Waals surface area contributed by atoms with Crippen molar-refractivity contribution in [2.75, 3.05) is 39.4 Å². The van der Waals surface area contributed by atoms with Gasteiger partial charge < -0.3 is 9.64 Å². The molecular formula is C19H25N3O2. The topological polar surface area (TPSA) is 45.7 Å². The molecule has 5 heteroatoms. The summed E-state index contributed by atoms with van der Waals surface area (Å²) in [4.78, 5) is 22.0. The molecular weight excluding hydrogens is 302 g/mol. The molecule has 24 heavy (non-hydrogen) atoms. The summed E-state index contributed by atoms with van der Waals surface area (Å²) in [7, 11) is 0. The van der Waals surface area contributed by atoms with Gasteiger partial charge in [-0.2, -0.15) is 0 Å². The van der Waals surface area contributed by atoms with Crippen molar-refractivity contribution in [2.24, 2.45) is 11.8 Å². The molecule has 4 rings (SSSR count). The smallest absolute Gasteiger partial charge is 0.244 e. The zero-order valence-electron chi connectivity index (χ0n) is 14.0. The van der Waals surface area contributed by atoms with Crippen LogP contribution in [0, 0.1) is 11.8 Å². The van der Waals surface area contributed by atoms with Crippen LogP contribution in [0.5, 0.6) is 0 Å². The minimum absolute atomic E-state index is 0.226. The largest absolute Gasteiger partial charge is 0.379 e. The summed E-state index contributed by atoms with van der Waals surface area (Å²) in [5.74, 6) is 1.51. The molecule has 0 aromatic carbocycles. The van der Waals surface area contributed by atoms with Crippen molar-refractivity contribution in [3.63, 3.8) is 0 Å². The number of pyridine rings is 1. The third-order valence-corrected chi connectivity index (χ3v) is 5.58. The number of likely N-dealkylation sites (tertiary alicyclic amines) is 1. The first-order valence-electron chi connectivity index (χ1n) is 8.98. The van der Waals surface area contributed by atoms with E-state index in [-0.39, 0.29) is 11.9 Å². The van der Waals surface area contributed by atoms with Crippen molar-refractivity contribution in [1.82, 2.24) is 14.8 Å². The van der Waals surface area contributed by atoms with Crippen molar-refractivity contribution in [2.45, 2.75) is 18.9 Å². The summed E-state index contributed by atoms with van der Waals surface area (Å²) in [5.41, 5.74) is 0.998. The van der Waals surface area contributed by atoms with Crippen molar-refractivity contribution in [3.8, 4) is 0 Å². The number of aromatic nitrogens is 1. The number of ether oxygens (including phenoxy) is 1. The van der Waals surface area contributed by atoms with E-state index < -0.39 is 0 Å². The third-order valence-electron chi connectivity index (χ3n) is 5.58. The number of nitrogens with zero attached hydrogens (tertiary/aromatic N) is 3. The van der Waals surface area contributed by atoms with Crippen LogP contribution in [0.4, 0.5) is 0 Å². The normalized spacial score (nSPS) is 28.6. The number of rotatable bonds is 3. The number of carbonyl (C=O) groups excluding carboxylic acids is 1. The summed E-state index contributed by atoms with van der Waals surface area (Å²) in [6.07, 6.45) is 10.4. The van der Waals surface area contributed by atoms with E-state index in [0.29, 0.717) is 25.0 Å². The van der Waals surface area contributed by atoms with Crippen LogP contribution in [0.1, 0.15) is 24.4 Å². The van der Waals surface area contributed by atoms with E-state index in [4.69, 9.17) is 4.74 Å². The first-order valence-corrected chi connectivity index (χ1v) is 8.98. The number of hydrogen-bond donors (Lipinski definition) is 0. The van der Waals surface area contributed by atoms with Crippen LogP contribution in [0.25, 0.3) is 0 Å². The molecule has 0 bridgehead atoms. The van der Waals surface area contributed by atoms with Crippen molar-refractivity contribution in [1.29, 1.82) is 0 Å². The van der Waals surface area contributed by atoms with Gasteiger partial charge in [-0.3, -0.25) is 14.7 Å². The molecule has 1 aliphatic carbocycles. The van der Waals surface area contributed by atoms with E-state index in [9.17, 15) is 4.79 Å². The molecule has 0 radical (unpaired) electrons. The lowest BCUT2D eigenvalue weighted by Crippen LogP contribution is -2.46. The summed E-state index contributed by atoms with van der Waals surface area (Å²) in [5, 5.41) is 0. The van der Waals surface area contributed by atoms with E-state index in [0.717, 1.165) is 44.6 Å². The summed E-state index contributed by atoms with van der Waals surface area (Å²) in [6, 6.07) is 3.72. The Hall–Kier alpha value is -1.72. The lowest BCUT2D eigenvalue weighted by Gasteiger charge is -2.35. The standard InChI is InChI=1S/C19H25N3O2/c23-19(22-13-16-4-1-2-5-17(16)14-22)18(15-6-3-7-20-12-15)21-8-10-24-11-9-21/h1-3,6-7,12,16-18H,4-5,8-11,13-14H2/t16-,17+,18-/m1/s1. The van der Waals surface area contributed by atoms with Crippen LogP contribution < -0.4 is 0 Å². The highest BCUT2D eigenvalue weighted by molar-refractivity contribution is 5.83. The van der Waals surface area contributed by atoms with Crippen LogP contribution in [0.2, 0.25) is 0 Å². The Balaban J connectivity index is 1.55. The predicted octanol–water partition coefficient (Wildman–Crippen LogP) is 1.88. The van der Waals surface area contributed by atoms with E-state index in [1.165, 1.54) is 0 Å². The quantitative estimate of drug-likeness (QED) is 0.795. The number of morpholine rings is 1. The molecule has 1 amide bonds. The molecule has 3 aliphatic rings. The Labute approximate surface area is 143 Å². The SMILES string of the molecule is O=C([C@@H](c1cccnc1)N1CCOCC1)N1C[C@H]2CC=CC[C@H]2C1. The Bertz CT molecular complexity index is 582. The molecule has 1 aromatic heterocycles.